The van der Waals surface area contributed by atoms with Gasteiger partial charge in [-0.05, 0) is 25.2 Å². The fourth-order valence-electron chi connectivity index (χ4n) is 2.14. The first kappa shape index (κ1) is 5.69. The van der Waals surface area contributed by atoms with Gasteiger partial charge in [-0.25, -0.2) is 0 Å². The van der Waals surface area contributed by atoms with Gasteiger partial charge >= 0.3 is 0 Å². The maximum absolute atomic E-state index is 8.85. The van der Waals surface area contributed by atoms with Crippen molar-refractivity contribution in [1.82, 2.24) is 5.32 Å². The average Bonchev–Trinajstić information content (AvgIpc) is 2.45. The molecular weight excluding hydrogens is 114 g/mol. The Bertz CT molecular complexity index is 115. The summed E-state index contributed by atoms with van der Waals surface area (Å²) in [5.41, 5.74) is 0. The van der Waals surface area contributed by atoms with E-state index in [0.717, 1.165) is 6.04 Å². The molecule has 9 heavy (non-hydrogen) atoms. The van der Waals surface area contributed by atoms with E-state index in [2.05, 4.69) is 5.32 Å². The number of hydrogen-bond donors (Lipinski definition) is 2. The van der Waals surface area contributed by atoms with Crippen LogP contribution in [0.15, 0.2) is 0 Å². The fourth-order valence-corrected chi connectivity index (χ4v) is 2.14. The molecule has 0 aliphatic carbocycles. The Hall–Kier alpha value is -0.0800. The molecule has 0 radical (unpaired) electrons. The molecule has 3 atom stereocenters. The van der Waals surface area contributed by atoms with Crippen LogP contribution in [0.2, 0.25) is 0 Å². The highest BCUT2D eigenvalue weighted by Gasteiger charge is 2.38. The van der Waals surface area contributed by atoms with Crippen LogP contribution in [-0.4, -0.2) is 23.8 Å². The second kappa shape index (κ2) is 1.96. The van der Waals surface area contributed by atoms with Gasteiger partial charge in [0.15, 0.2) is 0 Å². The lowest BCUT2D eigenvalue weighted by Crippen LogP contribution is -2.24. The van der Waals surface area contributed by atoms with Gasteiger partial charge < -0.3 is 10.4 Å². The van der Waals surface area contributed by atoms with E-state index in [1.54, 1.807) is 0 Å². The lowest BCUT2D eigenvalue weighted by atomic mass is 9.90. The van der Waals surface area contributed by atoms with Gasteiger partial charge in [0.25, 0.3) is 0 Å². The summed E-state index contributed by atoms with van der Waals surface area (Å²) in [6, 6.07) is 1.40. The third-order valence-corrected chi connectivity index (χ3v) is 2.67. The topological polar surface area (TPSA) is 32.3 Å². The molecule has 52 valence electrons. The van der Waals surface area contributed by atoms with Crippen LogP contribution in [0.1, 0.15) is 19.3 Å². The zero-order valence-electron chi connectivity index (χ0n) is 5.51. The van der Waals surface area contributed by atoms with Gasteiger partial charge in [-0.2, -0.15) is 0 Å². The van der Waals surface area contributed by atoms with E-state index < -0.39 is 0 Å². The minimum absolute atomic E-state index is 0.383. The van der Waals surface area contributed by atoms with Crippen LogP contribution in [0.5, 0.6) is 0 Å². The van der Waals surface area contributed by atoms with E-state index in [1.165, 1.54) is 19.3 Å². The van der Waals surface area contributed by atoms with E-state index in [-0.39, 0.29) is 0 Å². The van der Waals surface area contributed by atoms with Crippen LogP contribution in [0.3, 0.4) is 0 Å². The molecule has 2 bridgehead atoms. The van der Waals surface area contributed by atoms with Gasteiger partial charge in [-0.15, -0.1) is 0 Å². The second-order valence-electron chi connectivity index (χ2n) is 3.23. The first-order valence-electron chi connectivity index (χ1n) is 3.77. The van der Waals surface area contributed by atoms with Crippen molar-refractivity contribution in [1.29, 1.82) is 0 Å². The molecule has 0 aromatic rings. The molecule has 0 spiro atoms. The highest BCUT2D eigenvalue weighted by molar-refractivity contribution is 4.96. The highest BCUT2D eigenvalue weighted by atomic mass is 16.3. The molecule has 2 aliphatic heterocycles. The second-order valence-corrected chi connectivity index (χ2v) is 3.23. The summed E-state index contributed by atoms with van der Waals surface area (Å²) in [4.78, 5) is 0. The van der Waals surface area contributed by atoms with Crippen molar-refractivity contribution in [2.75, 3.05) is 6.61 Å². The van der Waals surface area contributed by atoms with Crippen molar-refractivity contribution < 1.29 is 5.11 Å². The van der Waals surface area contributed by atoms with E-state index in [0.29, 0.717) is 18.6 Å². The maximum atomic E-state index is 8.85. The number of fused-ring (bicyclic) bond motifs is 2. The predicted molar refractivity (Wildman–Crippen MR) is 35.1 cm³/mol. The number of rotatable bonds is 1. The monoisotopic (exact) mass is 127 g/mol. The van der Waals surface area contributed by atoms with Crippen LogP contribution >= 0.6 is 0 Å². The summed E-state index contributed by atoms with van der Waals surface area (Å²) in [5, 5.41) is 12.3. The van der Waals surface area contributed by atoms with Crippen LogP contribution in [0.4, 0.5) is 0 Å². The molecule has 0 amide bonds. The van der Waals surface area contributed by atoms with Crippen molar-refractivity contribution in [3.8, 4) is 0 Å². The van der Waals surface area contributed by atoms with E-state index in [4.69, 9.17) is 5.11 Å². The Morgan fingerprint density at radius 2 is 2.33 bits per heavy atom. The molecule has 2 N–H and O–H groups in total. The first-order chi connectivity index (χ1) is 4.40. The molecule has 2 nitrogen and oxygen atoms in total. The summed E-state index contributed by atoms with van der Waals surface area (Å²) in [6.45, 7) is 0.383. The third-order valence-electron chi connectivity index (χ3n) is 2.67. The lowest BCUT2D eigenvalue weighted by molar-refractivity contribution is 0.203. The smallest absolute Gasteiger partial charge is 0.0474 e. The van der Waals surface area contributed by atoms with Crippen molar-refractivity contribution in [2.45, 2.75) is 31.3 Å². The molecule has 2 heterocycles. The first-order valence-corrected chi connectivity index (χ1v) is 3.77. The fraction of sp³-hybridized carbons (Fsp3) is 1.00. The van der Waals surface area contributed by atoms with E-state index in [9.17, 15) is 0 Å². The summed E-state index contributed by atoms with van der Waals surface area (Å²) >= 11 is 0. The normalized spacial score (nSPS) is 48.3. The summed E-state index contributed by atoms with van der Waals surface area (Å²) in [6.07, 6.45) is 3.83. The molecule has 2 aliphatic rings. The zero-order chi connectivity index (χ0) is 6.27. The number of aliphatic hydroxyl groups excluding tert-OH is 1. The number of nitrogens with one attached hydrogen (secondary N) is 1. The number of aliphatic hydroxyl groups is 1. The summed E-state index contributed by atoms with van der Waals surface area (Å²) in [7, 11) is 0. The molecule has 2 saturated heterocycles. The molecule has 2 heteroatoms. The van der Waals surface area contributed by atoms with Gasteiger partial charge in [0, 0.05) is 18.7 Å². The van der Waals surface area contributed by atoms with Crippen molar-refractivity contribution >= 4 is 0 Å². The number of hydrogen-bond acceptors (Lipinski definition) is 2. The van der Waals surface area contributed by atoms with E-state index in [1.807, 2.05) is 0 Å². The molecular formula is C7H13NO. The molecule has 0 aromatic heterocycles. The van der Waals surface area contributed by atoms with Crippen LogP contribution in [-0.2, 0) is 0 Å². The molecule has 2 rings (SSSR count). The average molecular weight is 127 g/mol. The van der Waals surface area contributed by atoms with Gasteiger partial charge in [0.1, 0.15) is 0 Å². The Morgan fingerprint density at radius 3 is 2.67 bits per heavy atom. The summed E-state index contributed by atoms with van der Waals surface area (Å²) < 4.78 is 0. The largest absolute Gasteiger partial charge is 0.396 e. The van der Waals surface area contributed by atoms with Crippen LogP contribution in [0, 0.1) is 5.92 Å². The Labute approximate surface area is 55.3 Å². The zero-order valence-corrected chi connectivity index (χ0v) is 5.51. The molecule has 0 saturated carbocycles. The summed E-state index contributed by atoms with van der Waals surface area (Å²) in [5.74, 6) is 0.573. The third kappa shape index (κ3) is 0.775. The lowest BCUT2D eigenvalue weighted by Gasteiger charge is -2.16. The Morgan fingerprint density at radius 1 is 1.44 bits per heavy atom. The van der Waals surface area contributed by atoms with Crippen molar-refractivity contribution in [3.05, 3.63) is 0 Å². The Balaban J connectivity index is 2.01. The maximum Gasteiger partial charge on any atom is 0.0474 e. The minimum atomic E-state index is 0.383. The minimum Gasteiger partial charge on any atom is -0.396 e. The molecule has 0 unspecified atom stereocenters. The van der Waals surface area contributed by atoms with Crippen molar-refractivity contribution in [2.24, 2.45) is 5.92 Å². The van der Waals surface area contributed by atoms with Gasteiger partial charge in [-0.3, -0.25) is 0 Å². The van der Waals surface area contributed by atoms with Gasteiger partial charge in [-0.1, -0.05) is 0 Å². The van der Waals surface area contributed by atoms with Gasteiger partial charge in [0.2, 0.25) is 0 Å². The van der Waals surface area contributed by atoms with Gasteiger partial charge in [0.05, 0.1) is 0 Å². The molecule has 0 aromatic carbocycles. The highest BCUT2D eigenvalue weighted by Crippen LogP contribution is 2.32. The quantitative estimate of drug-likeness (QED) is 0.524. The SMILES string of the molecule is OC[C@@H]1C[C@H]2CC[C@H]1N2. The standard InChI is InChI=1S/C7H13NO/c9-4-5-3-6-1-2-7(5)8-6/h5-9H,1-4H2/t5-,6+,7+/m0/s1. The van der Waals surface area contributed by atoms with E-state index >= 15 is 0 Å². The predicted octanol–water partition coefficient (Wildman–Crippen LogP) is 0.119. The van der Waals surface area contributed by atoms with Crippen molar-refractivity contribution in [3.63, 3.8) is 0 Å². The Kier molecular flexibility index (Phi) is 1.24. The van der Waals surface area contributed by atoms with Crippen LogP contribution in [0.25, 0.3) is 0 Å². The van der Waals surface area contributed by atoms with Crippen LogP contribution < -0.4 is 5.32 Å². The molecule has 2 fully saturated rings.